The average Bonchev–Trinajstić information content (AvgIpc) is 2.96. The van der Waals surface area contributed by atoms with E-state index in [1.807, 2.05) is 0 Å². The molecule has 0 N–H and O–H groups in total. The van der Waals surface area contributed by atoms with E-state index in [9.17, 15) is 18.0 Å². The van der Waals surface area contributed by atoms with E-state index in [2.05, 4.69) is 14.8 Å². The van der Waals surface area contributed by atoms with Gasteiger partial charge in [0.25, 0.3) is 0 Å². The Balaban J connectivity index is 2.27. The summed E-state index contributed by atoms with van der Waals surface area (Å²) in [6.45, 7) is 0. The molecule has 0 aliphatic carbocycles. The van der Waals surface area contributed by atoms with Crippen LogP contribution in [0, 0.1) is 0 Å². The average molecular weight is 321 g/mol. The first-order chi connectivity index (χ1) is 10.9. The Morgan fingerprint density at radius 3 is 2.52 bits per heavy atom. The molecule has 118 valence electrons. The molecule has 2 aromatic heterocycles. The number of esters is 1. The lowest BCUT2D eigenvalue weighted by Gasteiger charge is -2.10. The molecule has 3 aromatic rings. The quantitative estimate of drug-likeness (QED) is 0.680. The van der Waals surface area contributed by atoms with Gasteiger partial charge < -0.3 is 4.74 Å². The molecule has 1 aromatic carbocycles. The van der Waals surface area contributed by atoms with Gasteiger partial charge in [-0.3, -0.25) is 0 Å². The van der Waals surface area contributed by atoms with Crippen LogP contribution in [0.25, 0.3) is 16.9 Å². The smallest absolute Gasteiger partial charge is 0.420 e. The number of aromatic nitrogens is 3. The van der Waals surface area contributed by atoms with Gasteiger partial charge in [-0.15, -0.1) is 0 Å². The van der Waals surface area contributed by atoms with Crippen LogP contribution in [0.5, 0.6) is 0 Å². The van der Waals surface area contributed by atoms with Gasteiger partial charge in [-0.05, 0) is 6.07 Å². The molecular weight excluding hydrogens is 311 g/mol. The number of imidazole rings is 1. The number of rotatable bonds is 2. The highest BCUT2D eigenvalue weighted by atomic mass is 19.4. The third-order valence-electron chi connectivity index (χ3n) is 3.19. The van der Waals surface area contributed by atoms with Gasteiger partial charge in [0.1, 0.15) is 5.56 Å². The zero-order valence-electron chi connectivity index (χ0n) is 11.8. The predicted molar refractivity (Wildman–Crippen MR) is 74.8 cm³/mol. The molecule has 2 heterocycles. The Hall–Kier alpha value is -2.90. The molecule has 0 bridgehead atoms. The van der Waals surface area contributed by atoms with Crippen molar-refractivity contribution in [2.24, 2.45) is 0 Å². The highest BCUT2D eigenvalue weighted by molar-refractivity contribution is 5.88. The van der Waals surface area contributed by atoms with Crippen molar-refractivity contribution in [1.29, 1.82) is 0 Å². The topological polar surface area (TPSA) is 56.5 Å². The van der Waals surface area contributed by atoms with Gasteiger partial charge in [-0.1, -0.05) is 30.3 Å². The summed E-state index contributed by atoms with van der Waals surface area (Å²) >= 11 is 0. The second-order valence-corrected chi connectivity index (χ2v) is 4.69. The summed E-state index contributed by atoms with van der Waals surface area (Å²) in [5, 5.41) is 4.10. The Morgan fingerprint density at radius 2 is 1.91 bits per heavy atom. The number of halogens is 3. The fourth-order valence-corrected chi connectivity index (χ4v) is 2.14. The van der Waals surface area contributed by atoms with Crippen molar-refractivity contribution in [3.05, 3.63) is 53.9 Å². The Morgan fingerprint density at radius 1 is 1.22 bits per heavy atom. The van der Waals surface area contributed by atoms with E-state index in [-0.39, 0.29) is 11.4 Å². The van der Waals surface area contributed by atoms with Crippen molar-refractivity contribution >= 4 is 11.6 Å². The van der Waals surface area contributed by atoms with Crippen LogP contribution in [0.4, 0.5) is 13.2 Å². The Labute approximate surface area is 128 Å². The van der Waals surface area contributed by atoms with E-state index < -0.39 is 23.4 Å². The zero-order chi connectivity index (χ0) is 16.6. The Kier molecular flexibility index (Phi) is 3.51. The largest absolute Gasteiger partial charge is 0.464 e. The maximum Gasteiger partial charge on any atom is 0.420 e. The van der Waals surface area contributed by atoms with Crippen molar-refractivity contribution in [2.45, 2.75) is 6.18 Å². The number of ether oxygens (including phenoxy) is 1. The van der Waals surface area contributed by atoms with Gasteiger partial charge in [-0.2, -0.15) is 18.3 Å². The number of hydrogen-bond acceptors (Lipinski definition) is 4. The molecule has 0 unspecified atom stereocenters. The van der Waals surface area contributed by atoms with Gasteiger partial charge in [0.05, 0.1) is 19.0 Å². The fourth-order valence-electron chi connectivity index (χ4n) is 2.14. The molecule has 0 radical (unpaired) electrons. The van der Waals surface area contributed by atoms with E-state index in [1.54, 1.807) is 30.3 Å². The van der Waals surface area contributed by atoms with Gasteiger partial charge >= 0.3 is 12.1 Å². The monoisotopic (exact) mass is 321 g/mol. The molecule has 5 nitrogen and oxygen atoms in total. The van der Waals surface area contributed by atoms with Crippen LogP contribution >= 0.6 is 0 Å². The van der Waals surface area contributed by atoms with E-state index >= 15 is 0 Å². The number of alkyl halides is 3. The van der Waals surface area contributed by atoms with Crippen LogP contribution in [0.1, 0.15) is 16.1 Å². The van der Waals surface area contributed by atoms with Crippen LogP contribution in [-0.4, -0.2) is 27.7 Å². The van der Waals surface area contributed by atoms with Crippen molar-refractivity contribution in [2.75, 3.05) is 7.11 Å². The molecule has 8 heteroatoms. The first-order valence-electron chi connectivity index (χ1n) is 6.51. The number of carbonyl (C=O) groups excluding carboxylic acids is 1. The third kappa shape index (κ3) is 2.75. The number of nitrogens with zero attached hydrogens (tertiary/aromatic N) is 3. The van der Waals surface area contributed by atoms with Crippen molar-refractivity contribution in [3.63, 3.8) is 0 Å². The molecule has 0 atom stereocenters. The highest BCUT2D eigenvalue weighted by Crippen LogP contribution is 2.34. The minimum atomic E-state index is -4.63. The fraction of sp³-hybridized carbons (Fsp3) is 0.133. The SMILES string of the molecule is COC(=O)c1cn2nc(-c3ccccc3)cc(C(F)(F)F)c2n1. The molecule has 0 amide bonds. The van der Waals surface area contributed by atoms with Crippen LogP contribution in [0.3, 0.4) is 0 Å². The number of benzene rings is 1. The maximum absolute atomic E-state index is 13.3. The van der Waals surface area contributed by atoms with Gasteiger partial charge in [0, 0.05) is 5.56 Å². The molecule has 0 aliphatic heterocycles. The molecule has 0 saturated carbocycles. The lowest BCUT2D eigenvalue weighted by Crippen LogP contribution is -2.10. The molecule has 0 fully saturated rings. The van der Waals surface area contributed by atoms with Crippen molar-refractivity contribution in [1.82, 2.24) is 14.6 Å². The number of hydrogen-bond donors (Lipinski definition) is 0. The second-order valence-electron chi connectivity index (χ2n) is 4.69. The molecule has 0 aliphatic rings. The first-order valence-corrected chi connectivity index (χ1v) is 6.51. The zero-order valence-corrected chi connectivity index (χ0v) is 11.8. The first kappa shape index (κ1) is 15.0. The molecule has 3 rings (SSSR count). The molecule has 0 saturated heterocycles. The second kappa shape index (κ2) is 5.38. The van der Waals surface area contributed by atoms with Crippen molar-refractivity contribution in [3.8, 4) is 11.3 Å². The summed E-state index contributed by atoms with van der Waals surface area (Å²) in [4.78, 5) is 15.2. The minimum Gasteiger partial charge on any atom is -0.464 e. The van der Waals surface area contributed by atoms with Gasteiger partial charge in [-0.25, -0.2) is 14.3 Å². The maximum atomic E-state index is 13.3. The van der Waals surface area contributed by atoms with Gasteiger partial charge in [0.2, 0.25) is 0 Å². The highest BCUT2D eigenvalue weighted by Gasteiger charge is 2.35. The van der Waals surface area contributed by atoms with E-state index in [1.165, 1.54) is 0 Å². The standard InChI is InChI=1S/C15H10F3N3O2/c1-23-14(22)12-8-21-13(19-12)10(15(16,17)18)7-11(20-21)9-5-3-2-4-6-9/h2-8H,1H3. The summed E-state index contributed by atoms with van der Waals surface area (Å²) in [6.07, 6.45) is -3.52. The normalized spacial score (nSPS) is 11.7. The summed E-state index contributed by atoms with van der Waals surface area (Å²) in [7, 11) is 1.12. The minimum absolute atomic E-state index is 0.124. The van der Waals surface area contributed by atoms with E-state index in [0.29, 0.717) is 5.56 Å². The summed E-state index contributed by atoms with van der Waals surface area (Å²) in [5.41, 5.74) is -1.01. The lowest BCUT2D eigenvalue weighted by molar-refractivity contribution is -0.136. The van der Waals surface area contributed by atoms with Crippen molar-refractivity contribution < 1.29 is 22.7 Å². The third-order valence-corrected chi connectivity index (χ3v) is 3.19. The molecule has 23 heavy (non-hydrogen) atoms. The number of methoxy groups -OCH3 is 1. The Bertz CT molecular complexity index is 873. The van der Waals surface area contributed by atoms with Crippen LogP contribution in [0.2, 0.25) is 0 Å². The summed E-state index contributed by atoms with van der Waals surface area (Å²) in [6, 6.07) is 9.35. The van der Waals surface area contributed by atoms with Gasteiger partial charge in [0.15, 0.2) is 11.3 Å². The molecular formula is C15H10F3N3O2. The lowest BCUT2D eigenvalue weighted by atomic mass is 10.1. The van der Waals surface area contributed by atoms with E-state index in [0.717, 1.165) is 23.9 Å². The predicted octanol–water partition coefficient (Wildman–Crippen LogP) is 3.20. The van der Waals surface area contributed by atoms with Crippen LogP contribution in [-0.2, 0) is 10.9 Å². The van der Waals surface area contributed by atoms with Crippen LogP contribution < -0.4 is 0 Å². The number of carbonyl (C=O) groups is 1. The summed E-state index contributed by atoms with van der Waals surface area (Å²) < 4.78 is 45.3. The molecule has 0 spiro atoms. The summed E-state index contributed by atoms with van der Waals surface area (Å²) in [5.74, 6) is -0.829. The van der Waals surface area contributed by atoms with Crippen LogP contribution in [0.15, 0.2) is 42.6 Å². The number of fused-ring (bicyclic) bond motifs is 1. The van der Waals surface area contributed by atoms with E-state index in [4.69, 9.17) is 0 Å².